The van der Waals surface area contributed by atoms with E-state index in [1.54, 1.807) is 31.2 Å². The van der Waals surface area contributed by atoms with Gasteiger partial charge in [-0.3, -0.25) is 0 Å². The highest BCUT2D eigenvalue weighted by Gasteiger charge is 2.38. The summed E-state index contributed by atoms with van der Waals surface area (Å²) in [5.41, 5.74) is 0.794. The highest BCUT2D eigenvalue weighted by molar-refractivity contribution is 5.93. The molecule has 1 aliphatic heterocycles. The first kappa shape index (κ1) is 23.7. The van der Waals surface area contributed by atoms with E-state index < -0.39 is 16.8 Å². The number of aromatic hydroxyl groups is 1. The molecular weight excluding hydrogens is 440 g/mol. The largest absolute Gasteiger partial charge is 0.508 e. The van der Waals surface area contributed by atoms with Crippen molar-refractivity contribution in [3.8, 4) is 5.75 Å². The molecule has 3 aromatic carbocycles. The SMILES string of the molecule is CC(O)(Cc1cccc(F)c1)CC(C)(CNc1ccc2c(c1)COC2=O)c1cc(F)ccc1O. The van der Waals surface area contributed by atoms with Crippen molar-refractivity contribution in [3.63, 3.8) is 0 Å². The fourth-order valence-corrected chi connectivity index (χ4v) is 4.77. The third-order valence-electron chi connectivity index (χ3n) is 6.22. The highest BCUT2D eigenvalue weighted by Crippen LogP contribution is 2.39. The topological polar surface area (TPSA) is 78.8 Å². The van der Waals surface area contributed by atoms with Crippen molar-refractivity contribution >= 4 is 11.7 Å². The van der Waals surface area contributed by atoms with Gasteiger partial charge in [-0.05, 0) is 67.4 Å². The predicted octanol–water partition coefficient (Wildman–Crippen LogP) is 5.09. The second-order valence-electron chi connectivity index (χ2n) is 9.50. The molecule has 1 heterocycles. The number of carbonyl (C=O) groups excluding carboxylic acids is 1. The van der Waals surface area contributed by atoms with Crippen LogP contribution >= 0.6 is 0 Å². The maximum Gasteiger partial charge on any atom is 0.338 e. The van der Waals surface area contributed by atoms with Gasteiger partial charge < -0.3 is 20.3 Å². The average molecular weight is 468 g/mol. The molecule has 0 amide bonds. The molecule has 1 aliphatic rings. The fourth-order valence-electron chi connectivity index (χ4n) is 4.77. The van der Waals surface area contributed by atoms with E-state index in [4.69, 9.17) is 4.74 Å². The smallest absolute Gasteiger partial charge is 0.338 e. The molecule has 0 saturated carbocycles. The molecule has 2 atom stereocenters. The standard InChI is InChI=1S/C27H27F2NO4/c1-26(23-12-20(29)6-9-24(23)31,15-27(2,33)13-17-4-3-5-19(28)10-17)16-30-21-7-8-22-18(11-21)14-34-25(22)32/h3-12,30-31,33H,13-16H2,1-2H3. The summed E-state index contributed by atoms with van der Waals surface area (Å²) < 4.78 is 32.9. The van der Waals surface area contributed by atoms with Gasteiger partial charge in [-0.25, -0.2) is 13.6 Å². The van der Waals surface area contributed by atoms with Crippen molar-refractivity contribution in [3.05, 3.63) is 94.6 Å². The van der Waals surface area contributed by atoms with Gasteiger partial charge in [0.15, 0.2) is 0 Å². The van der Waals surface area contributed by atoms with E-state index in [-0.39, 0.29) is 43.5 Å². The Hall–Kier alpha value is -3.45. The van der Waals surface area contributed by atoms with Crippen LogP contribution in [0.5, 0.6) is 5.75 Å². The van der Waals surface area contributed by atoms with Crippen LogP contribution in [-0.4, -0.2) is 28.3 Å². The lowest BCUT2D eigenvalue weighted by Gasteiger charge is -2.38. The predicted molar refractivity (Wildman–Crippen MR) is 125 cm³/mol. The quantitative estimate of drug-likeness (QED) is 0.402. The highest BCUT2D eigenvalue weighted by atomic mass is 19.1. The maximum absolute atomic E-state index is 14.2. The van der Waals surface area contributed by atoms with E-state index in [0.29, 0.717) is 16.7 Å². The van der Waals surface area contributed by atoms with Crippen LogP contribution < -0.4 is 5.32 Å². The van der Waals surface area contributed by atoms with E-state index in [0.717, 1.165) is 11.3 Å². The summed E-state index contributed by atoms with van der Waals surface area (Å²) in [5, 5.41) is 25.2. The van der Waals surface area contributed by atoms with E-state index in [9.17, 15) is 23.8 Å². The molecule has 2 unspecified atom stereocenters. The van der Waals surface area contributed by atoms with E-state index in [1.165, 1.54) is 30.3 Å². The van der Waals surface area contributed by atoms with Crippen LogP contribution in [0.15, 0.2) is 60.7 Å². The fraction of sp³-hybridized carbons (Fsp3) is 0.296. The third-order valence-corrected chi connectivity index (χ3v) is 6.22. The molecule has 0 aromatic heterocycles. The van der Waals surface area contributed by atoms with Crippen molar-refractivity contribution in [2.24, 2.45) is 0 Å². The number of esters is 1. The Morgan fingerprint density at radius 3 is 2.56 bits per heavy atom. The average Bonchev–Trinajstić information content (AvgIpc) is 3.13. The Balaban J connectivity index is 1.62. The number of anilines is 1. The molecule has 3 aromatic rings. The minimum absolute atomic E-state index is 0.0831. The van der Waals surface area contributed by atoms with Crippen molar-refractivity contribution in [1.82, 2.24) is 0 Å². The van der Waals surface area contributed by atoms with E-state index in [2.05, 4.69) is 5.32 Å². The van der Waals surface area contributed by atoms with Crippen LogP contribution in [0.4, 0.5) is 14.5 Å². The maximum atomic E-state index is 14.2. The van der Waals surface area contributed by atoms with Crippen LogP contribution in [0.3, 0.4) is 0 Å². The molecule has 7 heteroatoms. The van der Waals surface area contributed by atoms with Crippen molar-refractivity contribution in [1.29, 1.82) is 0 Å². The van der Waals surface area contributed by atoms with Crippen LogP contribution in [0, 0.1) is 11.6 Å². The number of fused-ring (bicyclic) bond motifs is 1. The zero-order valence-electron chi connectivity index (χ0n) is 19.1. The summed E-state index contributed by atoms with van der Waals surface area (Å²) in [6.07, 6.45) is 0.321. The number of ether oxygens (including phenoxy) is 1. The molecule has 0 bridgehead atoms. The summed E-state index contributed by atoms with van der Waals surface area (Å²) in [4.78, 5) is 11.7. The number of phenolic OH excluding ortho intramolecular Hbond substituents is 1. The summed E-state index contributed by atoms with van der Waals surface area (Å²) in [7, 11) is 0. The van der Waals surface area contributed by atoms with E-state index in [1.807, 2.05) is 13.0 Å². The van der Waals surface area contributed by atoms with Gasteiger partial charge in [-0.15, -0.1) is 0 Å². The zero-order valence-corrected chi connectivity index (χ0v) is 19.1. The summed E-state index contributed by atoms with van der Waals surface area (Å²) in [6, 6.07) is 15.0. The van der Waals surface area contributed by atoms with Crippen LogP contribution in [-0.2, 0) is 23.2 Å². The molecule has 0 spiro atoms. The number of benzene rings is 3. The van der Waals surface area contributed by atoms with Gasteiger partial charge in [0.1, 0.15) is 24.0 Å². The minimum Gasteiger partial charge on any atom is -0.508 e. The number of halogens is 2. The molecule has 178 valence electrons. The Morgan fingerprint density at radius 2 is 1.79 bits per heavy atom. The summed E-state index contributed by atoms with van der Waals surface area (Å²) in [6.45, 7) is 3.92. The molecule has 0 saturated heterocycles. The number of aliphatic hydroxyl groups is 1. The molecule has 0 aliphatic carbocycles. The first-order chi connectivity index (χ1) is 16.0. The number of nitrogens with one attached hydrogen (secondary N) is 1. The van der Waals surface area contributed by atoms with Gasteiger partial charge in [0, 0.05) is 35.2 Å². The van der Waals surface area contributed by atoms with Gasteiger partial charge >= 0.3 is 5.97 Å². The Kier molecular flexibility index (Phi) is 6.32. The van der Waals surface area contributed by atoms with Gasteiger partial charge in [0.2, 0.25) is 0 Å². The molecule has 0 radical (unpaired) electrons. The first-order valence-electron chi connectivity index (χ1n) is 11.0. The Labute approximate surface area is 197 Å². The number of cyclic esters (lactones) is 1. The lowest BCUT2D eigenvalue weighted by Crippen LogP contribution is -2.41. The number of carbonyl (C=O) groups is 1. The number of hydrogen-bond acceptors (Lipinski definition) is 5. The van der Waals surface area contributed by atoms with Gasteiger partial charge in [-0.1, -0.05) is 19.1 Å². The second-order valence-corrected chi connectivity index (χ2v) is 9.50. The molecule has 0 fully saturated rings. The molecule has 3 N–H and O–H groups in total. The van der Waals surface area contributed by atoms with Gasteiger partial charge in [-0.2, -0.15) is 0 Å². The summed E-state index contributed by atoms with van der Waals surface area (Å²) in [5.74, 6) is -1.33. The minimum atomic E-state index is -1.29. The van der Waals surface area contributed by atoms with Gasteiger partial charge in [0.05, 0.1) is 11.2 Å². The number of rotatable bonds is 8. The molecule has 4 rings (SSSR count). The molecule has 5 nitrogen and oxygen atoms in total. The van der Waals surface area contributed by atoms with Gasteiger partial charge in [0.25, 0.3) is 0 Å². The second kappa shape index (κ2) is 9.06. The first-order valence-corrected chi connectivity index (χ1v) is 11.0. The normalized spacial score (nSPS) is 16.3. The lowest BCUT2D eigenvalue weighted by molar-refractivity contribution is 0.0302. The van der Waals surface area contributed by atoms with Crippen LogP contribution in [0.25, 0.3) is 0 Å². The number of phenols is 1. The van der Waals surface area contributed by atoms with Crippen LogP contribution in [0.2, 0.25) is 0 Å². The van der Waals surface area contributed by atoms with Crippen LogP contribution in [0.1, 0.15) is 47.3 Å². The molecule has 34 heavy (non-hydrogen) atoms. The summed E-state index contributed by atoms with van der Waals surface area (Å²) >= 11 is 0. The van der Waals surface area contributed by atoms with Crippen molar-refractivity contribution < 1.29 is 28.5 Å². The zero-order chi connectivity index (χ0) is 24.5. The Morgan fingerprint density at radius 1 is 1.03 bits per heavy atom. The van der Waals surface area contributed by atoms with Crippen molar-refractivity contribution in [2.45, 2.75) is 44.3 Å². The monoisotopic (exact) mass is 467 g/mol. The molecular formula is C27H27F2NO4. The lowest BCUT2D eigenvalue weighted by atomic mass is 9.72. The van der Waals surface area contributed by atoms with E-state index >= 15 is 0 Å². The Bertz CT molecular complexity index is 1230. The number of hydrogen-bond donors (Lipinski definition) is 3. The third kappa shape index (κ3) is 5.20. The van der Waals surface area contributed by atoms with Crippen molar-refractivity contribution in [2.75, 3.05) is 11.9 Å².